The molecule has 1 aromatic heterocycles. The Kier molecular flexibility index (Phi) is 4.31. The summed E-state index contributed by atoms with van der Waals surface area (Å²) in [5, 5.41) is 0. The maximum Gasteiger partial charge on any atom is 0.227 e. The van der Waals surface area contributed by atoms with Crippen molar-refractivity contribution in [2.45, 2.75) is 26.3 Å². The number of amides is 1. The summed E-state index contributed by atoms with van der Waals surface area (Å²) in [4.78, 5) is 20.5. The maximum absolute atomic E-state index is 12.1. The van der Waals surface area contributed by atoms with Crippen LogP contribution in [0.25, 0.3) is 0 Å². The Morgan fingerprint density at radius 3 is 2.61 bits per heavy atom. The predicted molar refractivity (Wildman–Crippen MR) is 71.2 cm³/mol. The second-order valence-corrected chi connectivity index (χ2v) is 5.05. The Hall–Kier alpha value is -1.42. The van der Waals surface area contributed by atoms with Gasteiger partial charge in [0.25, 0.3) is 0 Å². The van der Waals surface area contributed by atoms with Crippen molar-refractivity contribution in [1.82, 2.24) is 14.8 Å². The van der Waals surface area contributed by atoms with Crippen LogP contribution in [0.5, 0.6) is 0 Å². The fraction of sp³-hybridized carbons (Fsp3) is 0.571. The summed E-state index contributed by atoms with van der Waals surface area (Å²) in [6.07, 6.45) is 3.97. The normalized spacial score (nSPS) is 17.2. The standard InChI is InChI=1S/C14H21N3O/c1-12(2)16-6-8-17(9-7-16)14(18)10-13-4-3-5-15-11-13/h3-5,11-12H,6-10H2,1-2H3. The molecule has 18 heavy (non-hydrogen) atoms. The number of carbonyl (C=O) groups excluding carboxylic acids is 1. The molecule has 0 aromatic carbocycles. The molecule has 0 atom stereocenters. The van der Waals surface area contributed by atoms with E-state index in [0.29, 0.717) is 12.5 Å². The summed E-state index contributed by atoms with van der Waals surface area (Å²) < 4.78 is 0. The van der Waals surface area contributed by atoms with E-state index in [1.165, 1.54) is 0 Å². The number of hydrogen-bond donors (Lipinski definition) is 0. The number of nitrogens with zero attached hydrogens (tertiary/aromatic N) is 3. The Balaban J connectivity index is 1.85. The van der Waals surface area contributed by atoms with E-state index < -0.39 is 0 Å². The Morgan fingerprint density at radius 2 is 2.06 bits per heavy atom. The van der Waals surface area contributed by atoms with E-state index in [-0.39, 0.29) is 5.91 Å². The fourth-order valence-electron chi connectivity index (χ4n) is 2.28. The molecule has 2 rings (SSSR count). The third kappa shape index (κ3) is 3.29. The lowest BCUT2D eigenvalue weighted by atomic mass is 10.1. The van der Waals surface area contributed by atoms with Gasteiger partial charge in [-0.1, -0.05) is 6.07 Å². The van der Waals surface area contributed by atoms with Crippen LogP contribution in [0, 0.1) is 0 Å². The maximum atomic E-state index is 12.1. The molecule has 0 radical (unpaired) electrons. The van der Waals surface area contributed by atoms with E-state index in [2.05, 4.69) is 23.7 Å². The zero-order valence-electron chi connectivity index (χ0n) is 11.2. The second-order valence-electron chi connectivity index (χ2n) is 5.05. The first-order chi connectivity index (χ1) is 8.66. The summed E-state index contributed by atoms with van der Waals surface area (Å²) in [5.74, 6) is 0.214. The van der Waals surface area contributed by atoms with Gasteiger partial charge >= 0.3 is 0 Å². The van der Waals surface area contributed by atoms with Crippen LogP contribution in [0.2, 0.25) is 0 Å². The third-order valence-corrected chi connectivity index (χ3v) is 3.48. The fourth-order valence-corrected chi connectivity index (χ4v) is 2.28. The molecule has 0 unspecified atom stereocenters. The number of hydrogen-bond acceptors (Lipinski definition) is 3. The number of pyridine rings is 1. The average Bonchev–Trinajstić information content (AvgIpc) is 2.40. The van der Waals surface area contributed by atoms with E-state index in [0.717, 1.165) is 31.7 Å². The van der Waals surface area contributed by atoms with Crippen LogP contribution in [0.15, 0.2) is 24.5 Å². The molecule has 98 valence electrons. The molecular weight excluding hydrogens is 226 g/mol. The van der Waals surface area contributed by atoms with Gasteiger partial charge in [0.1, 0.15) is 0 Å². The highest BCUT2D eigenvalue weighted by atomic mass is 16.2. The van der Waals surface area contributed by atoms with Crippen molar-refractivity contribution in [2.75, 3.05) is 26.2 Å². The average molecular weight is 247 g/mol. The molecule has 0 aliphatic carbocycles. The van der Waals surface area contributed by atoms with Crippen molar-refractivity contribution in [3.05, 3.63) is 30.1 Å². The molecule has 1 aliphatic rings. The molecule has 0 N–H and O–H groups in total. The number of rotatable bonds is 3. The van der Waals surface area contributed by atoms with Gasteiger partial charge in [-0.3, -0.25) is 14.7 Å². The van der Waals surface area contributed by atoms with Crippen molar-refractivity contribution in [2.24, 2.45) is 0 Å². The van der Waals surface area contributed by atoms with Crippen LogP contribution in [0.3, 0.4) is 0 Å². The Labute approximate surface area is 109 Å². The van der Waals surface area contributed by atoms with Crippen LogP contribution in [0.1, 0.15) is 19.4 Å². The highest BCUT2D eigenvalue weighted by Gasteiger charge is 2.22. The minimum Gasteiger partial charge on any atom is -0.340 e. The van der Waals surface area contributed by atoms with Crippen molar-refractivity contribution >= 4 is 5.91 Å². The van der Waals surface area contributed by atoms with E-state index >= 15 is 0 Å². The summed E-state index contributed by atoms with van der Waals surface area (Å²) >= 11 is 0. The molecule has 1 fully saturated rings. The first-order valence-electron chi connectivity index (χ1n) is 6.57. The first kappa shape index (κ1) is 13.0. The molecule has 1 aliphatic heterocycles. The van der Waals surface area contributed by atoms with Crippen LogP contribution < -0.4 is 0 Å². The summed E-state index contributed by atoms with van der Waals surface area (Å²) in [6, 6.07) is 4.40. The van der Waals surface area contributed by atoms with Gasteiger partial charge in [-0.2, -0.15) is 0 Å². The van der Waals surface area contributed by atoms with Gasteiger partial charge in [-0.25, -0.2) is 0 Å². The summed E-state index contributed by atoms with van der Waals surface area (Å²) in [7, 11) is 0. The molecule has 0 spiro atoms. The highest BCUT2D eigenvalue weighted by molar-refractivity contribution is 5.78. The molecule has 1 saturated heterocycles. The van der Waals surface area contributed by atoms with Gasteiger partial charge < -0.3 is 4.90 Å². The van der Waals surface area contributed by atoms with Gasteiger partial charge in [0, 0.05) is 44.6 Å². The first-order valence-corrected chi connectivity index (χ1v) is 6.57. The van der Waals surface area contributed by atoms with Gasteiger partial charge in [-0.15, -0.1) is 0 Å². The lowest BCUT2D eigenvalue weighted by Crippen LogP contribution is -2.51. The molecular formula is C14H21N3O. The molecule has 4 heteroatoms. The molecule has 1 amide bonds. The van der Waals surface area contributed by atoms with Crippen molar-refractivity contribution in [3.63, 3.8) is 0 Å². The van der Waals surface area contributed by atoms with E-state index in [1.807, 2.05) is 17.0 Å². The minimum atomic E-state index is 0.214. The van der Waals surface area contributed by atoms with E-state index in [1.54, 1.807) is 12.4 Å². The largest absolute Gasteiger partial charge is 0.340 e. The van der Waals surface area contributed by atoms with Crippen molar-refractivity contribution in [1.29, 1.82) is 0 Å². The SMILES string of the molecule is CC(C)N1CCN(C(=O)Cc2cccnc2)CC1. The molecule has 0 saturated carbocycles. The minimum absolute atomic E-state index is 0.214. The zero-order valence-corrected chi connectivity index (χ0v) is 11.2. The summed E-state index contributed by atoms with van der Waals surface area (Å²) in [6.45, 7) is 8.06. The number of carbonyl (C=O) groups is 1. The van der Waals surface area contributed by atoms with Crippen LogP contribution in [-0.4, -0.2) is 52.9 Å². The summed E-state index contributed by atoms with van der Waals surface area (Å²) in [5.41, 5.74) is 0.994. The van der Waals surface area contributed by atoms with Crippen molar-refractivity contribution < 1.29 is 4.79 Å². The quantitative estimate of drug-likeness (QED) is 0.804. The van der Waals surface area contributed by atoms with Crippen LogP contribution in [0.4, 0.5) is 0 Å². The number of aromatic nitrogens is 1. The lowest BCUT2D eigenvalue weighted by molar-refractivity contribution is -0.132. The van der Waals surface area contributed by atoms with Gasteiger partial charge in [0.05, 0.1) is 6.42 Å². The highest BCUT2D eigenvalue weighted by Crippen LogP contribution is 2.08. The topological polar surface area (TPSA) is 36.4 Å². The zero-order chi connectivity index (χ0) is 13.0. The Bertz CT molecular complexity index is 383. The van der Waals surface area contributed by atoms with Gasteiger partial charge in [-0.05, 0) is 25.5 Å². The van der Waals surface area contributed by atoms with E-state index in [4.69, 9.17) is 0 Å². The van der Waals surface area contributed by atoms with Crippen molar-refractivity contribution in [3.8, 4) is 0 Å². The molecule has 4 nitrogen and oxygen atoms in total. The monoisotopic (exact) mass is 247 g/mol. The van der Waals surface area contributed by atoms with E-state index in [9.17, 15) is 4.79 Å². The third-order valence-electron chi connectivity index (χ3n) is 3.48. The molecule has 0 bridgehead atoms. The molecule has 1 aromatic rings. The predicted octanol–water partition coefficient (Wildman–Crippen LogP) is 1.18. The van der Waals surface area contributed by atoms with Crippen LogP contribution >= 0.6 is 0 Å². The van der Waals surface area contributed by atoms with Gasteiger partial charge in [0.15, 0.2) is 0 Å². The smallest absolute Gasteiger partial charge is 0.227 e. The van der Waals surface area contributed by atoms with Crippen LogP contribution in [-0.2, 0) is 11.2 Å². The van der Waals surface area contributed by atoms with Gasteiger partial charge in [0.2, 0.25) is 5.91 Å². The number of piperazine rings is 1. The second kappa shape index (κ2) is 5.96. The molecule has 2 heterocycles. The Morgan fingerprint density at radius 1 is 1.33 bits per heavy atom. The lowest BCUT2D eigenvalue weighted by Gasteiger charge is -2.37.